The standard InChI is InChI=1S/C12H14N2O2/c1-10-8-11(2-3-12(10)13-9-15)14-4-6-16-7-5-14/h2-3,8H,4-7H2,1H3. The summed E-state index contributed by atoms with van der Waals surface area (Å²) >= 11 is 0. The third-order valence-corrected chi connectivity index (χ3v) is 2.72. The van der Waals surface area contributed by atoms with E-state index in [1.54, 1.807) is 6.08 Å². The fourth-order valence-corrected chi connectivity index (χ4v) is 1.83. The summed E-state index contributed by atoms with van der Waals surface area (Å²) in [5, 5.41) is 0. The number of aryl methyl sites for hydroxylation is 1. The summed E-state index contributed by atoms with van der Waals surface area (Å²) < 4.78 is 5.30. The van der Waals surface area contributed by atoms with Crippen LogP contribution in [0.2, 0.25) is 0 Å². The van der Waals surface area contributed by atoms with Crippen molar-refractivity contribution in [3.8, 4) is 0 Å². The Morgan fingerprint density at radius 1 is 1.38 bits per heavy atom. The summed E-state index contributed by atoms with van der Waals surface area (Å²) in [5.41, 5.74) is 2.84. The number of ether oxygens (including phenoxy) is 1. The second-order valence-electron chi connectivity index (χ2n) is 3.77. The number of nitrogens with zero attached hydrogens (tertiary/aromatic N) is 2. The predicted molar refractivity (Wildman–Crippen MR) is 62.0 cm³/mol. The van der Waals surface area contributed by atoms with Gasteiger partial charge in [-0.05, 0) is 30.7 Å². The molecule has 16 heavy (non-hydrogen) atoms. The van der Waals surface area contributed by atoms with E-state index in [0.717, 1.165) is 37.6 Å². The maximum absolute atomic E-state index is 10.2. The average molecular weight is 218 g/mol. The number of isocyanates is 1. The van der Waals surface area contributed by atoms with Gasteiger partial charge < -0.3 is 9.64 Å². The van der Waals surface area contributed by atoms with Crippen molar-refractivity contribution >= 4 is 17.5 Å². The van der Waals surface area contributed by atoms with E-state index in [-0.39, 0.29) is 0 Å². The zero-order valence-electron chi connectivity index (χ0n) is 9.27. The van der Waals surface area contributed by atoms with E-state index >= 15 is 0 Å². The number of aliphatic imine (C=N–C) groups is 1. The molecule has 1 aromatic rings. The molecular formula is C12H14N2O2. The minimum Gasteiger partial charge on any atom is -0.378 e. The Morgan fingerprint density at radius 2 is 2.12 bits per heavy atom. The first-order valence-corrected chi connectivity index (χ1v) is 5.32. The smallest absolute Gasteiger partial charge is 0.240 e. The van der Waals surface area contributed by atoms with E-state index in [1.165, 1.54) is 0 Å². The van der Waals surface area contributed by atoms with Gasteiger partial charge in [0, 0.05) is 18.8 Å². The zero-order chi connectivity index (χ0) is 11.4. The van der Waals surface area contributed by atoms with Crippen molar-refractivity contribution in [3.63, 3.8) is 0 Å². The zero-order valence-corrected chi connectivity index (χ0v) is 9.27. The number of morpholine rings is 1. The van der Waals surface area contributed by atoms with E-state index in [2.05, 4.69) is 9.89 Å². The third-order valence-electron chi connectivity index (χ3n) is 2.72. The monoisotopic (exact) mass is 218 g/mol. The first-order chi connectivity index (χ1) is 7.81. The lowest BCUT2D eigenvalue weighted by atomic mass is 10.1. The lowest BCUT2D eigenvalue weighted by molar-refractivity contribution is 0.122. The number of benzene rings is 1. The first kappa shape index (κ1) is 10.9. The molecule has 84 valence electrons. The van der Waals surface area contributed by atoms with Crippen LogP contribution in [-0.4, -0.2) is 32.4 Å². The Hall–Kier alpha value is -1.64. The van der Waals surface area contributed by atoms with Crippen molar-refractivity contribution in [2.24, 2.45) is 4.99 Å². The van der Waals surface area contributed by atoms with Crippen LogP contribution in [0, 0.1) is 6.92 Å². The molecule has 0 spiro atoms. The van der Waals surface area contributed by atoms with Gasteiger partial charge in [-0.3, -0.25) is 0 Å². The van der Waals surface area contributed by atoms with Crippen LogP contribution < -0.4 is 4.90 Å². The van der Waals surface area contributed by atoms with Gasteiger partial charge in [-0.15, -0.1) is 0 Å². The summed E-state index contributed by atoms with van der Waals surface area (Å²) in [7, 11) is 0. The highest BCUT2D eigenvalue weighted by molar-refractivity contribution is 5.60. The second-order valence-corrected chi connectivity index (χ2v) is 3.77. The maximum Gasteiger partial charge on any atom is 0.240 e. The molecule has 2 rings (SSSR count). The van der Waals surface area contributed by atoms with E-state index in [0.29, 0.717) is 5.69 Å². The van der Waals surface area contributed by atoms with Gasteiger partial charge >= 0.3 is 0 Å². The van der Waals surface area contributed by atoms with Crippen LogP contribution >= 0.6 is 0 Å². The molecule has 4 heteroatoms. The summed E-state index contributed by atoms with van der Waals surface area (Å²) in [6.07, 6.45) is 1.57. The maximum atomic E-state index is 10.2. The Balaban J connectivity index is 2.22. The summed E-state index contributed by atoms with van der Waals surface area (Å²) in [6, 6.07) is 5.88. The third kappa shape index (κ3) is 2.30. The molecule has 0 aromatic heterocycles. The van der Waals surface area contributed by atoms with Gasteiger partial charge in [0.25, 0.3) is 0 Å². The minimum atomic E-state index is 0.687. The van der Waals surface area contributed by atoms with Gasteiger partial charge in [0.05, 0.1) is 18.9 Å². The molecule has 1 heterocycles. The first-order valence-electron chi connectivity index (χ1n) is 5.32. The number of hydrogen-bond acceptors (Lipinski definition) is 4. The van der Waals surface area contributed by atoms with Gasteiger partial charge in [-0.25, -0.2) is 4.79 Å². The van der Waals surface area contributed by atoms with Crippen LogP contribution in [0.1, 0.15) is 5.56 Å². The number of hydrogen-bond donors (Lipinski definition) is 0. The van der Waals surface area contributed by atoms with Crippen LogP contribution in [0.5, 0.6) is 0 Å². The number of carbonyl (C=O) groups excluding carboxylic acids is 1. The van der Waals surface area contributed by atoms with Crippen LogP contribution in [0.3, 0.4) is 0 Å². The van der Waals surface area contributed by atoms with Crippen molar-refractivity contribution in [2.75, 3.05) is 31.2 Å². The second kappa shape index (κ2) is 4.92. The molecule has 1 saturated heterocycles. The molecule has 1 aliphatic rings. The molecule has 0 N–H and O–H groups in total. The number of anilines is 1. The lowest BCUT2D eigenvalue weighted by Crippen LogP contribution is -2.36. The SMILES string of the molecule is Cc1cc(N2CCOCC2)ccc1N=C=O. The normalized spacial score (nSPS) is 15.7. The predicted octanol–water partition coefficient (Wildman–Crippen LogP) is 1.80. The molecule has 0 aliphatic carbocycles. The van der Waals surface area contributed by atoms with Crippen LogP contribution in [0.4, 0.5) is 11.4 Å². The molecular weight excluding hydrogens is 204 g/mol. The summed E-state index contributed by atoms with van der Waals surface area (Å²) in [4.78, 5) is 16.1. The molecule has 0 radical (unpaired) electrons. The topological polar surface area (TPSA) is 41.9 Å². The van der Waals surface area contributed by atoms with Gasteiger partial charge in [0.2, 0.25) is 6.08 Å². The van der Waals surface area contributed by atoms with Crippen molar-refractivity contribution < 1.29 is 9.53 Å². The number of rotatable bonds is 2. The van der Waals surface area contributed by atoms with Gasteiger partial charge in [-0.2, -0.15) is 4.99 Å². The van der Waals surface area contributed by atoms with Gasteiger partial charge in [-0.1, -0.05) is 0 Å². The van der Waals surface area contributed by atoms with E-state index < -0.39 is 0 Å². The highest BCUT2D eigenvalue weighted by Gasteiger charge is 2.11. The quantitative estimate of drug-likeness (QED) is 0.561. The van der Waals surface area contributed by atoms with E-state index in [9.17, 15) is 4.79 Å². The summed E-state index contributed by atoms with van der Waals surface area (Å²) in [5.74, 6) is 0. The van der Waals surface area contributed by atoms with Crippen LogP contribution in [0.15, 0.2) is 23.2 Å². The largest absolute Gasteiger partial charge is 0.378 e. The summed E-state index contributed by atoms with van der Waals surface area (Å²) in [6.45, 7) is 5.31. The minimum absolute atomic E-state index is 0.687. The fourth-order valence-electron chi connectivity index (χ4n) is 1.83. The average Bonchev–Trinajstić information content (AvgIpc) is 2.33. The van der Waals surface area contributed by atoms with E-state index in [4.69, 9.17) is 4.74 Å². The fraction of sp³-hybridized carbons (Fsp3) is 0.417. The van der Waals surface area contributed by atoms with Crippen molar-refractivity contribution in [2.45, 2.75) is 6.92 Å². The molecule has 0 atom stereocenters. The van der Waals surface area contributed by atoms with E-state index in [1.807, 2.05) is 25.1 Å². The Morgan fingerprint density at radius 3 is 2.75 bits per heavy atom. The van der Waals surface area contributed by atoms with Gasteiger partial charge in [0.15, 0.2) is 0 Å². The molecule has 1 aliphatic heterocycles. The molecule has 0 amide bonds. The molecule has 0 unspecified atom stereocenters. The van der Waals surface area contributed by atoms with Crippen LogP contribution in [-0.2, 0) is 9.53 Å². The molecule has 1 fully saturated rings. The molecule has 0 bridgehead atoms. The molecule has 0 saturated carbocycles. The van der Waals surface area contributed by atoms with Gasteiger partial charge in [0.1, 0.15) is 0 Å². The highest BCUT2D eigenvalue weighted by atomic mass is 16.5. The van der Waals surface area contributed by atoms with Crippen molar-refractivity contribution in [3.05, 3.63) is 23.8 Å². The Bertz CT molecular complexity index is 419. The Labute approximate surface area is 94.5 Å². The van der Waals surface area contributed by atoms with Crippen LogP contribution in [0.25, 0.3) is 0 Å². The Kier molecular flexibility index (Phi) is 3.34. The molecule has 1 aromatic carbocycles. The van der Waals surface area contributed by atoms with Crippen molar-refractivity contribution in [1.29, 1.82) is 0 Å². The lowest BCUT2D eigenvalue weighted by Gasteiger charge is -2.29. The van der Waals surface area contributed by atoms with Crippen molar-refractivity contribution in [1.82, 2.24) is 0 Å². The highest BCUT2D eigenvalue weighted by Crippen LogP contribution is 2.24. The molecule has 4 nitrogen and oxygen atoms in total.